The molecule has 2 rings (SSSR count). The van der Waals surface area contributed by atoms with Gasteiger partial charge in [0.1, 0.15) is 0 Å². The monoisotopic (exact) mass is 306 g/mol. The van der Waals surface area contributed by atoms with E-state index in [0.717, 1.165) is 17.4 Å². The Hall–Kier alpha value is -1.06. The van der Waals surface area contributed by atoms with Crippen LogP contribution >= 0.6 is 15.9 Å². The number of nitrogens with one attached hydrogen (secondary N) is 1. The second kappa shape index (κ2) is 6.21. The molecule has 96 valence electrons. The van der Waals surface area contributed by atoms with Crippen molar-refractivity contribution in [3.63, 3.8) is 0 Å². The molecule has 0 bridgehead atoms. The summed E-state index contributed by atoms with van der Waals surface area (Å²) in [4.78, 5) is 0. The average molecular weight is 307 g/mol. The van der Waals surface area contributed by atoms with Crippen molar-refractivity contribution >= 4 is 15.9 Å². The second-order valence-corrected chi connectivity index (χ2v) is 5.41. The fourth-order valence-corrected chi connectivity index (χ4v) is 2.66. The third-order valence-corrected chi connectivity index (χ3v) is 3.68. The molecule has 2 nitrogen and oxygen atoms in total. The van der Waals surface area contributed by atoms with Gasteiger partial charge in [-0.1, -0.05) is 35.0 Å². The summed E-state index contributed by atoms with van der Waals surface area (Å²) in [6, 6.07) is 11.1. The van der Waals surface area contributed by atoms with Crippen LogP contribution in [0, 0.1) is 0 Å². The predicted octanol–water partition coefficient (Wildman–Crippen LogP) is 3.97. The highest BCUT2D eigenvalue weighted by molar-refractivity contribution is 9.10. The van der Waals surface area contributed by atoms with Crippen molar-refractivity contribution < 1.29 is 0 Å². The first-order valence-electron chi connectivity index (χ1n) is 6.30. The lowest BCUT2D eigenvalue weighted by molar-refractivity contribution is 0.575. The number of rotatable bonds is 5. The van der Waals surface area contributed by atoms with Crippen molar-refractivity contribution in [1.82, 2.24) is 9.88 Å². The van der Waals surface area contributed by atoms with Gasteiger partial charge in [0.05, 0.1) is 0 Å². The fourth-order valence-electron chi connectivity index (χ4n) is 2.22. The first-order chi connectivity index (χ1) is 8.72. The van der Waals surface area contributed by atoms with Gasteiger partial charge in [-0.2, -0.15) is 0 Å². The van der Waals surface area contributed by atoms with Gasteiger partial charge in [0.15, 0.2) is 0 Å². The maximum atomic E-state index is 3.51. The molecule has 0 aliphatic rings. The quantitative estimate of drug-likeness (QED) is 0.884. The van der Waals surface area contributed by atoms with E-state index in [1.54, 1.807) is 0 Å². The molecule has 0 radical (unpaired) electrons. The van der Waals surface area contributed by atoms with Gasteiger partial charge < -0.3 is 9.88 Å². The highest BCUT2D eigenvalue weighted by atomic mass is 79.9. The highest BCUT2D eigenvalue weighted by Crippen LogP contribution is 2.18. The van der Waals surface area contributed by atoms with Crippen molar-refractivity contribution in [2.45, 2.75) is 25.9 Å². The number of hydrogen-bond acceptors (Lipinski definition) is 1. The largest absolute Gasteiger partial charge is 0.350 e. The van der Waals surface area contributed by atoms with E-state index in [1.165, 1.54) is 11.1 Å². The van der Waals surface area contributed by atoms with Gasteiger partial charge in [-0.15, -0.1) is 0 Å². The lowest BCUT2D eigenvalue weighted by Gasteiger charge is -2.11. The zero-order chi connectivity index (χ0) is 13.0. The SMILES string of the molecule is CCC(NC)c1ccn(Cc2cccc(Br)c2)c1. The number of halogens is 1. The van der Waals surface area contributed by atoms with Crippen LogP contribution in [0.5, 0.6) is 0 Å². The van der Waals surface area contributed by atoms with Crippen LogP contribution in [-0.4, -0.2) is 11.6 Å². The van der Waals surface area contributed by atoms with Gasteiger partial charge >= 0.3 is 0 Å². The molecule has 0 spiro atoms. The van der Waals surface area contributed by atoms with Crippen LogP contribution in [0.1, 0.15) is 30.5 Å². The minimum Gasteiger partial charge on any atom is -0.350 e. The van der Waals surface area contributed by atoms with Gasteiger partial charge in [-0.25, -0.2) is 0 Å². The summed E-state index contributed by atoms with van der Waals surface area (Å²) in [7, 11) is 2.01. The summed E-state index contributed by atoms with van der Waals surface area (Å²) < 4.78 is 3.37. The number of nitrogens with zero attached hydrogens (tertiary/aromatic N) is 1. The number of benzene rings is 1. The summed E-state index contributed by atoms with van der Waals surface area (Å²) >= 11 is 3.51. The Bertz CT molecular complexity index is 501. The van der Waals surface area contributed by atoms with Gasteiger partial charge in [-0.3, -0.25) is 0 Å². The number of aromatic nitrogens is 1. The molecule has 0 fully saturated rings. The first kappa shape index (κ1) is 13.4. The van der Waals surface area contributed by atoms with Gasteiger partial charge in [-0.05, 0) is 42.8 Å². The molecule has 1 atom stereocenters. The molecule has 0 aliphatic heterocycles. The third kappa shape index (κ3) is 3.24. The molecule has 1 unspecified atom stereocenters. The molecule has 0 saturated heterocycles. The Kier molecular flexibility index (Phi) is 4.61. The average Bonchev–Trinajstić information content (AvgIpc) is 2.79. The van der Waals surface area contributed by atoms with E-state index >= 15 is 0 Å². The van der Waals surface area contributed by atoms with Gasteiger partial charge in [0.25, 0.3) is 0 Å². The zero-order valence-electron chi connectivity index (χ0n) is 10.9. The van der Waals surface area contributed by atoms with E-state index in [0.29, 0.717) is 6.04 Å². The summed E-state index contributed by atoms with van der Waals surface area (Å²) in [5.41, 5.74) is 2.67. The van der Waals surface area contributed by atoms with Crippen LogP contribution in [0.4, 0.5) is 0 Å². The Balaban J connectivity index is 2.11. The summed E-state index contributed by atoms with van der Waals surface area (Å²) in [5.74, 6) is 0. The van der Waals surface area contributed by atoms with E-state index < -0.39 is 0 Å². The summed E-state index contributed by atoms with van der Waals surface area (Å²) in [5, 5.41) is 3.33. The topological polar surface area (TPSA) is 17.0 Å². The minimum absolute atomic E-state index is 0.453. The molecule has 3 heteroatoms. The lowest BCUT2D eigenvalue weighted by Crippen LogP contribution is -2.14. The Morgan fingerprint density at radius 1 is 1.33 bits per heavy atom. The van der Waals surface area contributed by atoms with E-state index in [1.807, 2.05) is 7.05 Å². The van der Waals surface area contributed by atoms with E-state index in [-0.39, 0.29) is 0 Å². The lowest BCUT2D eigenvalue weighted by atomic mass is 10.1. The Morgan fingerprint density at radius 3 is 2.83 bits per heavy atom. The highest BCUT2D eigenvalue weighted by Gasteiger charge is 2.07. The van der Waals surface area contributed by atoms with Crippen molar-refractivity contribution in [1.29, 1.82) is 0 Å². The van der Waals surface area contributed by atoms with Crippen molar-refractivity contribution in [2.24, 2.45) is 0 Å². The Labute approximate surface area is 117 Å². The molecule has 1 heterocycles. The standard InChI is InChI=1S/C15H19BrN2/c1-3-15(17-2)13-7-8-18(11-13)10-12-5-4-6-14(16)9-12/h4-9,11,15,17H,3,10H2,1-2H3. The van der Waals surface area contributed by atoms with Crippen LogP contribution in [0.25, 0.3) is 0 Å². The predicted molar refractivity (Wildman–Crippen MR) is 79.8 cm³/mol. The van der Waals surface area contributed by atoms with Crippen LogP contribution in [0.15, 0.2) is 47.2 Å². The summed E-state index contributed by atoms with van der Waals surface area (Å²) in [6.45, 7) is 3.12. The van der Waals surface area contributed by atoms with E-state index in [2.05, 4.69) is 75.5 Å². The van der Waals surface area contributed by atoms with Crippen molar-refractivity contribution in [3.05, 3.63) is 58.3 Å². The van der Waals surface area contributed by atoms with Crippen molar-refractivity contribution in [2.75, 3.05) is 7.05 Å². The van der Waals surface area contributed by atoms with E-state index in [9.17, 15) is 0 Å². The van der Waals surface area contributed by atoms with Crippen LogP contribution in [0.2, 0.25) is 0 Å². The van der Waals surface area contributed by atoms with Gasteiger partial charge in [0, 0.05) is 29.5 Å². The van der Waals surface area contributed by atoms with Crippen LogP contribution in [0.3, 0.4) is 0 Å². The third-order valence-electron chi connectivity index (χ3n) is 3.19. The minimum atomic E-state index is 0.453. The van der Waals surface area contributed by atoms with Crippen molar-refractivity contribution in [3.8, 4) is 0 Å². The van der Waals surface area contributed by atoms with E-state index in [4.69, 9.17) is 0 Å². The zero-order valence-corrected chi connectivity index (χ0v) is 12.4. The summed E-state index contributed by atoms with van der Waals surface area (Å²) in [6.07, 6.45) is 5.49. The fraction of sp³-hybridized carbons (Fsp3) is 0.333. The molecular weight excluding hydrogens is 288 g/mol. The smallest absolute Gasteiger partial charge is 0.0470 e. The van der Waals surface area contributed by atoms with Crippen LogP contribution in [-0.2, 0) is 6.54 Å². The maximum Gasteiger partial charge on any atom is 0.0470 e. The van der Waals surface area contributed by atoms with Crippen LogP contribution < -0.4 is 5.32 Å². The molecule has 0 aliphatic carbocycles. The number of hydrogen-bond donors (Lipinski definition) is 1. The normalized spacial score (nSPS) is 12.6. The molecule has 18 heavy (non-hydrogen) atoms. The molecular formula is C15H19BrN2. The molecule has 1 aromatic carbocycles. The second-order valence-electron chi connectivity index (χ2n) is 4.50. The van der Waals surface area contributed by atoms with Gasteiger partial charge in [0.2, 0.25) is 0 Å². The molecule has 1 aromatic heterocycles. The first-order valence-corrected chi connectivity index (χ1v) is 7.09. The Morgan fingerprint density at radius 2 is 2.17 bits per heavy atom. The molecule has 2 aromatic rings. The molecule has 0 amide bonds. The maximum absolute atomic E-state index is 3.51. The molecule has 0 saturated carbocycles. The molecule has 1 N–H and O–H groups in total.